The van der Waals surface area contributed by atoms with Crippen molar-refractivity contribution < 1.29 is 13.2 Å². The van der Waals surface area contributed by atoms with Crippen LogP contribution < -0.4 is 5.73 Å². The Balaban J connectivity index is 2.04. The molecule has 5 heteroatoms. The van der Waals surface area contributed by atoms with Gasteiger partial charge in [-0.15, -0.1) is 0 Å². The van der Waals surface area contributed by atoms with E-state index in [0.717, 1.165) is 32.4 Å². The number of halogens is 3. The van der Waals surface area contributed by atoms with Gasteiger partial charge in [0.2, 0.25) is 0 Å². The number of alkyl halides is 3. The van der Waals surface area contributed by atoms with Crippen LogP contribution in [0.2, 0.25) is 0 Å². The van der Waals surface area contributed by atoms with Crippen LogP contribution in [0, 0.1) is 17.8 Å². The van der Waals surface area contributed by atoms with E-state index in [9.17, 15) is 13.2 Å². The third-order valence-electron chi connectivity index (χ3n) is 5.82. The van der Waals surface area contributed by atoms with Gasteiger partial charge < -0.3 is 5.73 Å². The third kappa shape index (κ3) is 3.73. The summed E-state index contributed by atoms with van der Waals surface area (Å²) in [5, 5.41) is 0. The highest BCUT2D eigenvalue weighted by molar-refractivity contribution is 4.99. The number of likely N-dealkylation sites (tertiary alicyclic amines) is 1. The van der Waals surface area contributed by atoms with Gasteiger partial charge in [-0.1, -0.05) is 20.3 Å². The molecule has 0 aromatic heterocycles. The average Bonchev–Trinajstić information content (AvgIpc) is 2.46. The van der Waals surface area contributed by atoms with Crippen LogP contribution in [-0.4, -0.2) is 36.2 Å². The van der Waals surface area contributed by atoms with Crippen LogP contribution in [0.15, 0.2) is 0 Å². The average molecular weight is 306 g/mol. The fraction of sp³-hybridized carbons (Fsp3) is 1.00. The molecule has 124 valence electrons. The summed E-state index contributed by atoms with van der Waals surface area (Å²) >= 11 is 0. The number of nitrogens with zero attached hydrogens (tertiary/aromatic N) is 1. The van der Waals surface area contributed by atoms with Crippen LogP contribution in [0.4, 0.5) is 13.2 Å². The Hall–Kier alpha value is -0.290. The summed E-state index contributed by atoms with van der Waals surface area (Å²) < 4.78 is 39.3. The summed E-state index contributed by atoms with van der Waals surface area (Å²) in [6.45, 7) is 6.64. The topological polar surface area (TPSA) is 29.3 Å². The molecule has 2 nitrogen and oxygen atoms in total. The lowest BCUT2D eigenvalue weighted by atomic mass is 9.73. The van der Waals surface area contributed by atoms with Crippen molar-refractivity contribution in [2.45, 2.75) is 64.1 Å². The van der Waals surface area contributed by atoms with Crippen LogP contribution in [0.1, 0.15) is 52.4 Å². The lowest BCUT2D eigenvalue weighted by molar-refractivity contribution is -0.194. The molecule has 1 aliphatic heterocycles. The number of hydrogen-bond acceptors (Lipinski definition) is 2. The highest BCUT2D eigenvalue weighted by atomic mass is 19.4. The van der Waals surface area contributed by atoms with Gasteiger partial charge in [0.25, 0.3) is 0 Å². The van der Waals surface area contributed by atoms with Crippen molar-refractivity contribution in [1.29, 1.82) is 0 Å². The molecule has 0 radical (unpaired) electrons. The fourth-order valence-electron chi connectivity index (χ4n) is 4.26. The summed E-state index contributed by atoms with van der Waals surface area (Å²) in [4.78, 5) is 2.28. The minimum atomic E-state index is -4.07. The quantitative estimate of drug-likeness (QED) is 0.859. The van der Waals surface area contributed by atoms with Crippen molar-refractivity contribution in [3.63, 3.8) is 0 Å². The summed E-state index contributed by atoms with van der Waals surface area (Å²) in [5.41, 5.74) is 5.54. The van der Waals surface area contributed by atoms with Crippen LogP contribution in [0.25, 0.3) is 0 Å². The normalized spacial score (nSPS) is 33.6. The van der Waals surface area contributed by atoms with Gasteiger partial charge in [-0.3, -0.25) is 4.90 Å². The van der Waals surface area contributed by atoms with Crippen molar-refractivity contribution in [1.82, 2.24) is 4.90 Å². The van der Waals surface area contributed by atoms with Gasteiger partial charge in [-0.25, -0.2) is 0 Å². The Labute approximate surface area is 126 Å². The first-order valence-electron chi connectivity index (χ1n) is 8.30. The van der Waals surface area contributed by atoms with Crippen LogP contribution in [0.3, 0.4) is 0 Å². The van der Waals surface area contributed by atoms with E-state index in [0.29, 0.717) is 24.8 Å². The van der Waals surface area contributed by atoms with E-state index in [1.165, 1.54) is 0 Å². The Morgan fingerprint density at radius 3 is 2.29 bits per heavy atom. The highest BCUT2D eigenvalue weighted by Crippen LogP contribution is 2.45. The van der Waals surface area contributed by atoms with E-state index in [1.54, 1.807) is 0 Å². The molecule has 1 heterocycles. The number of hydrogen-bond donors (Lipinski definition) is 1. The molecule has 0 amide bonds. The molecule has 2 unspecified atom stereocenters. The van der Waals surface area contributed by atoms with Gasteiger partial charge in [0.1, 0.15) is 0 Å². The second kappa shape index (κ2) is 6.45. The second-order valence-corrected chi connectivity index (χ2v) is 7.33. The molecule has 0 aromatic rings. The predicted molar refractivity (Wildman–Crippen MR) is 78.9 cm³/mol. The molecule has 2 atom stereocenters. The van der Waals surface area contributed by atoms with E-state index >= 15 is 0 Å². The van der Waals surface area contributed by atoms with E-state index < -0.39 is 17.6 Å². The van der Waals surface area contributed by atoms with Crippen LogP contribution in [-0.2, 0) is 0 Å². The monoisotopic (exact) mass is 306 g/mol. The van der Waals surface area contributed by atoms with E-state index in [1.807, 2.05) is 0 Å². The first kappa shape index (κ1) is 17.1. The molecular formula is C16H29F3N2. The van der Waals surface area contributed by atoms with E-state index in [2.05, 4.69) is 18.7 Å². The van der Waals surface area contributed by atoms with Gasteiger partial charge in [-0.2, -0.15) is 13.2 Å². The Kier molecular flexibility index (Phi) is 5.24. The SMILES string of the molecule is CC(C)C1CCN(C2(CN)CCCC(C(F)(F)F)C2)CC1. The van der Waals surface area contributed by atoms with Gasteiger partial charge in [-0.05, 0) is 57.0 Å². The standard InChI is InChI=1S/C16H29F3N2/c1-12(2)13-5-8-21(9-6-13)15(11-20)7-3-4-14(10-15)16(17,18)19/h12-14H,3-11,20H2,1-2H3. The van der Waals surface area contributed by atoms with Crippen molar-refractivity contribution >= 4 is 0 Å². The molecule has 0 spiro atoms. The van der Waals surface area contributed by atoms with Crippen molar-refractivity contribution in [3.8, 4) is 0 Å². The molecular weight excluding hydrogens is 277 g/mol. The summed E-state index contributed by atoms with van der Waals surface area (Å²) in [6.07, 6.45) is 0.0459. The van der Waals surface area contributed by atoms with Gasteiger partial charge >= 0.3 is 6.18 Å². The first-order valence-corrected chi connectivity index (χ1v) is 8.30. The highest BCUT2D eigenvalue weighted by Gasteiger charge is 2.49. The molecule has 1 saturated heterocycles. The molecule has 1 saturated carbocycles. The van der Waals surface area contributed by atoms with Gasteiger partial charge in [0.15, 0.2) is 0 Å². The minimum Gasteiger partial charge on any atom is -0.329 e. The van der Waals surface area contributed by atoms with Crippen LogP contribution in [0.5, 0.6) is 0 Å². The Morgan fingerprint density at radius 2 is 1.81 bits per heavy atom. The minimum absolute atomic E-state index is 0.194. The molecule has 0 aromatic carbocycles. The smallest absolute Gasteiger partial charge is 0.329 e. The molecule has 2 N–H and O–H groups in total. The largest absolute Gasteiger partial charge is 0.391 e. The summed E-state index contributed by atoms with van der Waals surface area (Å²) in [7, 11) is 0. The van der Waals surface area contributed by atoms with Crippen molar-refractivity contribution in [2.24, 2.45) is 23.5 Å². The molecule has 0 bridgehead atoms. The van der Waals surface area contributed by atoms with E-state index in [4.69, 9.17) is 5.73 Å². The van der Waals surface area contributed by atoms with E-state index in [-0.39, 0.29) is 12.8 Å². The zero-order valence-electron chi connectivity index (χ0n) is 13.3. The lowest BCUT2D eigenvalue weighted by Gasteiger charge is -2.51. The summed E-state index contributed by atoms with van der Waals surface area (Å²) in [6, 6.07) is 0. The third-order valence-corrected chi connectivity index (χ3v) is 5.82. The molecule has 2 aliphatic rings. The number of nitrogens with two attached hydrogens (primary N) is 1. The maximum Gasteiger partial charge on any atom is 0.391 e. The number of piperidine rings is 1. The Morgan fingerprint density at radius 1 is 1.19 bits per heavy atom. The molecule has 1 aliphatic carbocycles. The number of rotatable bonds is 3. The molecule has 2 fully saturated rings. The zero-order chi connectivity index (χ0) is 15.7. The maximum atomic E-state index is 13.1. The predicted octanol–water partition coefficient (Wildman–Crippen LogP) is 3.80. The maximum absolute atomic E-state index is 13.1. The first-order chi connectivity index (χ1) is 9.78. The zero-order valence-corrected chi connectivity index (χ0v) is 13.3. The fourth-order valence-corrected chi connectivity index (χ4v) is 4.26. The van der Waals surface area contributed by atoms with Gasteiger partial charge in [0, 0.05) is 12.1 Å². The van der Waals surface area contributed by atoms with Crippen molar-refractivity contribution in [2.75, 3.05) is 19.6 Å². The second-order valence-electron chi connectivity index (χ2n) is 7.33. The van der Waals surface area contributed by atoms with Crippen LogP contribution >= 0.6 is 0 Å². The molecule has 2 rings (SSSR count). The molecule has 21 heavy (non-hydrogen) atoms. The lowest BCUT2D eigenvalue weighted by Crippen LogP contribution is -2.59. The Bertz CT molecular complexity index is 335. The summed E-state index contributed by atoms with van der Waals surface area (Å²) in [5.74, 6) is 0.200. The van der Waals surface area contributed by atoms with Crippen molar-refractivity contribution in [3.05, 3.63) is 0 Å². The van der Waals surface area contributed by atoms with Gasteiger partial charge in [0.05, 0.1) is 5.92 Å².